The van der Waals surface area contributed by atoms with Crippen molar-refractivity contribution >= 4 is 15.9 Å². The molecule has 0 bridgehead atoms. The van der Waals surface area contributed by atoms with Crippen molar-refractivity contribution < 1.29 is 4.42 Å². The smallest absolute Gasteiger partial charge is 0.203 e. The van der Waals surface area contributed by atoms with E-state index in [4.69, 9.17) is 9.68 Å². The van der Waals surface area contributed by atoms with Crippen molar-refractivity contribution in [2.24, 2.45) is 0 Å². The van der Waals surface area contributed by atoms with Crippen LogP contribution in [0.15, 0.2) is 16.7 Å². The summed E-state index contributed by atoms with van der Waals surface area (Å²) in [6.45, 7) is 0. The monoisotopic (exact) mass is 185 g/mol. The molecule has 1 aromatic rings. The second kappa shape index (κ2) is 2.70. The summed E-state index contributed by atoms with van der Waals surface area (Å²) in [4.78, 5) is 0. The fourth-order valence-corrected chi connectivity index (χ4v) is 0.798. The third-order valence-electron chi connectivity index (χ3n) is 0.918. The van der Waals surface area contributed by atoms with Gasteiger partial charge in [0.25, 0.3) is 0 Å². The summed E-state index contributed by atoms with van der Waals surface area (Å²) in [5.41, 5.74) is 0.992. The van der Waals surface area contributed by atoms with E-state index in [1.807, 2.05) is 6.07 Å². The van der Waals surface area contributed by atoms with Crippen LogP contribution in [0.2, 0.25) is 0 Å². The van der Waals surface area contributed by atoms with Gasteiger partial charge in [-0.2, -0.15) is 5.26 Å². The minimum atomic E-state index is 0.365. The van der Waals surface area contributed by atoms with Gasteiger partial charge in [0, 0.05) is 10.9 Å². The highest BCUT2D eigenvalue weighted by atomic mass is 79.9. The molecule has 46 valence electrons. The topological polar surface area (TPSA) is 36.9 Å². The van der Waals surface area contributed by atoms with E-state index < -0.39 is 0 Å². The lowest BCUT2D eigenvalue weighted by molar-refractivity contribution is 0.551. The van der Waals surface area contributed by atoms with Gasteiger partial charge in [0.15, 0.2) is 0 Å². The fourth-order valence-electron chi connectivity index (χ4n) is 0.504. The van der Waals surface area contributed by atoms with E-state index in [1.165, 1.54) is 0 Å². The zero-order valence-electron chi connectivity index (χ0n) is 4.60. The van der Waals surface area contributed by atoms with E-state index in [0.717, 1.165) is 10.9 Å². The molecule has 0 amide bonds. The van der Waals surface area contributed by atoms with Crippen molar-refractivity contribution in [3.8, 4) is 6.07 Å². The standard InChI is InChI=1S/C6H4BrNO/c7-2-5-1-6(3-8)9-4-5/h1,4H,2H2. The fraction of sp³-hybridized carbons (Fsp3) is 0.167. The average Bonchev–Trinajstić information content (AvgIpc) is 2.34. The van der Waals surface area contributed by atoms with Crippen LogP contribution in [-0.4, -0.2) is 0 Å². The van der Waals surface area contributed by atoms with Crippen molar-refractivity contribution in [2.45, 2.75) is 5.33 Å². The van der Waals surface area contributed by atoms with E-state index in [9.17, 15) is 0 Å². The molecule has 2 nitrogen and oxygen atoms in total. The molecule has 0 unspecified atom stereocenters. The van der Waals surface area contributed by atoms with Crippen molar-refractivity contribution in [2.75, 3.05) is 0 Å². The number of rotatable bonds is 1. The Balaban J connectivity index is 2.90. The maximum Gasteiger partial charge on any atom is 0.203 e. The molecule has 0 N–H and O–H groups in total. The van der Waals surface area contributed by atoms with Crippen LogP contribution >= 0.6 is 15.9 Å². The van der Waals surface area contributed by atoms with Gasteiger partial charge in [0.05, 0.1) is 6.26 Å². The van der Waals surface area contributed by atoms with Crippen molar-refractivity contribution in [3.05, 3.63) is 23.7 Å². The highest BCUT2D eigenvalue weighted by Crippen LogP contribution is 2.09. The molecule has 0 saturated carbocycles. The Morgan fingerprint density at radius 1 is 1.78 bits per heavy atom. The van der Waals surface area contributed by atoms with Crippen LogP contribution in [0.25, 0.3) is 0 Å². The molecule has 1 aromatic heterocycles. The summed E-state index contributed by atoms with van der Waals surface area (Å²) in [6.07, 6.45) is 1.56. The predicted octanol–water partition coefficient (Wildman–Crippen LogP) is 2.05. The summed E-state index contributed by atoms with van der Waals surface area (Å²) in [6, 6.07) is 3.60. The molecular weight excluding hydrogens is 182 g/mol. The van der Waals surface area contributed by atoms with Gasteiger partial charge >= 0.3 is 0 Å². The molecule has 0 atom stereocenters. The lowest BCUT2D eigenvalue weighted by Gasteiger charge is -1.75. The van der Waals surface area contributed by atoms with Crippen molar-refractivity contribution in [1.29, 1.82) is 5.26 Å². The number of furan rings is 1. The van der Waals surface area contributed by atoms with Gasteiger partial charge in [-0.1, -0.05) is 15.9 Å². The van der Waals surface area contributed by atoms with Gasteiger partial charge in [-0.05, 0) is 6.07 Å². The summed E-state index contributed by atoms with van der Waals surface area (Å²) < 4.78 is 4.81. The number of alkyl halides is 1. The first-order valence-electron chi connectivity index (χ1n) is 2.40. The van der Waals surface area contributed by atoms with Crippen molar-refractivity contribution in [1.82, 2.24) is 0 Å². The third-order valence-corrected chi connectivity index (χ3v) is 1.57. The molecule has 9 heavy (non-hydrogen) atoms. The molecule has 0 aliphatic heterocycles. The zero-order valence-corrected chi connectivity index (χ0v) is 6.18. The first-order valence-corrected chi connectivity index (χ1v) is 3.52. The van der Waals surface area contributed by atoms with Gasteiger partial charge in [0.2, 0.25) is 5.76 Å². The predicted molar refractivity (Wildman–Crippen MR) is 36.1 cm³/mol. The molecule has 3 heteroatoms. The Morgan fingerprint density at radius 3 is 2.89 bits per heavy atom. The van der Waals surface area contributed by atoms with Gasteiger partial charge in [-0.25, -0.2) is 0 Å². The minimum Gasteiger partial charge on any atom is -0.454 e. The zero-order chi connectivity index (χ0) is 6.69. The summed E-state index contributed by atoms with van der Waals surface area (Å²) in [5.74, 6) is 0.365. The summed E-state index contributed by atoms with van der Waals surface area (Å²) in [5, 5.41) is 9.02. The molecule has 0 fully saturated rings. The molecule has 0 aromatic carbocycles. The number of nitriles is 1. The van der Waals surface area contributed by atoms with E-state index in [-0.39, 0.29) is 0 Å². The first-order chi connectivity index (χ1) is 4.36. The van der Waals surface area contributed by atoms with Gasteiger partial charge in [-0.3, -0.25) is 0 Å². The molecule has 1 heterocycles. The van der Waals surface area contributed by atoms with Crippen LogP contribution < -0.4 is 0 Å². The Bertz CT molecular complexity index is 235. The minimum absolute atomic E-state index is 0.365. The van der Waals surface area contributed by atoms with E-state index in [0.29, 0.717) is 5.76 Å². The summed E-state index contributed by atoms with van der Waals surface area (Å²) in [7, 11) is 0. The number of hydrogen-bond donors (Lipinski definition) is 0. The molecule has 0 saturated heterocycles. The Kier molecular flexibility index (Phi) is 1.91. The maximum absolute atomic E-state index is 8.29. The number of hydrogen-bond acceptors (Lipinski definition) is 2. The SMILES string of the molecule is N#Cc1cc(CBr)co1. The Labute approximate surface area is 61.2 Å². The van der Waals surface area contributed by atoms with Crippen LogP contribution in [0.4, 0.5) is 0 Å². The quantitative estimate of drug-likeness (QED) is 0.629. The lowest BCUT2D eigenvalue weighted by atomic mass is 10.3. The second-order valence-corrected chi connectivity index (χ2v) is 2.13. The molecule has 0 spiro atoms. The van der Waals surface area contributed by atoms with Crippen LogP contribution in [0.1, 0.15) is 11.3 Å². The lowest BCUT2D eigenvalue weighted by Crippen LogP contribution is -1.64. The Morgan fingerprint density at radius 2 is 2.56 bits per heavy atom. The second-order valence-electron chi connectivity index (χ2n) is 1.56. The van der Waals surface area contributed by atoms with Gasteiger partial charge in [-0.15, -0.1) is 0 Å². The van der Waals surface area contributed by atoms with E-state index in [1.54, 1.807) is 12.3 Å². The molecule has 0 aliphatic carbocycles. The van der Waals surface area contributed by atoms with Crippen LogP contribution in [0, 0.1) is 11.3 Å². The Hall–Kier alpha value is -0.750. The summed E-state index contributed by atoms with van der Waals surface area (Å²) >= 11 is 3.23. The third kappa shape index (κ3) is 1.33. The van der Waals surface area contributed by atoms with Gasteiger partial charge < -0.3 is 4.42 Å². The van der Waals surface area contributed by atoms with Crippen molar-refractivity contribution in [3.63, 3.8) is 0 Å². The van der Waals surface area contributed by atoms with E-state index in [2.05, 4.69) is 15.9 Å². The van der Waals surface area contributed by atoms with Gasteiger partial charge in [0.1, 0.15) is 6.07 Å². The van der Waals surface area contributed by atoms with Crippen LogP contribution in [0.5, 0.6) is 0 Å². The first kappa shape index (κ1) is 6.37. The molecular formula is C6H4BrNO. The maximum atomic E-state index is 8.29. The number of nitrogens with zero attached hydrogens (tertiary/aromatic N) is 1. The average molecular weight is 186 g/mol. The normalized spacial score (nSPS) is 8.89. The molecule has 0 aliphatic rings. The van der Waals surface area contributed by atoms with Crippen LogP contribution in [-0.2, 0) is 5.33 Å². The highest BCUT2D eigenvalue weighted by molar-refractivity contribution is 9.08. The van der Waals surface area contributed by atoms with Crippen LogP contribution in [0.3, 0.4) is 0 Å². The molecule has 1 rings (SSSR count). The molecule has 0 radical (unpaired) electrons. The number of halogens is 1. The largest absolute Gasteiger partial charge is 0.454 e. The highest BCUT2D eigenvalue weighted by Gasteiger charge is 1.96. The van der Waals surface area contributed by atoms with E-state index >= 15 is 0 Å².